The van der Waals surface area contributed by atoms with Crippen molar-refractivity contribution in [1.82, 2.24) is 5.32 Å². The summed E-state index contributed by atoms with van der Waals surface area (Å²) in [5.41, 5.74) is 0.776. The predicted molar refractivity (Wildman–Crippen MR) is 79.4 cm³/mol. The maximum absolute atomic E-state index is 5.92. The lowest BCUT2D eigenvalue weighted by Crippen LogP contribution is -2.38. The summed E-state index contributed by atoms with van der Waals surface area (Å²) in [7, 11) is 0. The van der Waals surface area contributed by atoms with Crippen LogP contribution in [-0.2, 0) is 4.74 Å². The standard InChI is InChI=1S/C17H31NO/c1-2-6-16(5-1)19-14-13-18-15-7-11-17(12-8-15)9-3-4-10-17/h15-16,18H,1-14H2. The molecular formula is C17H31NO. The monoisotopic (exact) mass is 265 g/mol. The van der Waals surface area contributed by atoms with Gasteiger partial charge < -0.3 is 10.1 Å². The van der Waals surface area contributed by atoms with Crippen LogP contribution in [-0.4, -0.2) is 25.3 Å². The molecular weight excluding hydrogens is 234 g/mol. The minimum Gasteiger partial charge on any atom is -0.377 e. The lowest BCUT2D eigenvalue weighted by molar-refractivity contribution is 0.0569. The second-order valence-electron chi connectivity index (χ2n) is 7.21. The molecule has 0 radical (unpaired) electrons. The summed E-state index contributed by atoms with van der Waals surface area (Å²) in [6.45, 7) is 1.99. The molecule has 0 bridgehead atoms. The van der Waals surface area contributed by atoms with Crippen LogP contribution in [0.5, 0.6) is 0 Å². The van der Waals surface area contributed by atoms with E-state index in [9.17, 15) is 0 Å². The van der Waals surface area contributed by atoms with Crippen LogP contribution in [0.2, 0.25) is 0 Å². The van der Waals surface area contributed by atoms with Crippen molar-refractivity contribution in [3.05, 3.63) is 0 Å². The summed E-state index contributed by atoms with van der Waals surface area (Å²) in [6, 6.07) is 0.776. The third kappa shape index (κ3) is 3.72. The Balaban J connectivity index is 1.27. The fourth-order valence-corrected chi connectivity index (χ4v) is 4.60. The molecule has 19 heavy (non-hydrogen) atoms. The van der Waals surface area contributed by atoms with Gasteiger partial charge >= 0.3 is 0 Å². The molecule has 0 heterocycles. The first-order valence-corrected chi connectivity index (χ1v) is 8.71. The molecule has 3 saturated carbocycles. The molecule has 2 nitrogen and oxygen atoms in total. The highest BCUT2D eigenvalue weighted by molar-refractivity contribution is 4.91. The van der Waals surface area contributed by atoms with E-state index in [2.05, 4.69) is 5.32 Å². The van der Waals surface area contributed by atoms with Crippen LogP contribution < -0.4 is 5.32 Å². The van der Waals surface area contributed by atoms with Crippen molar-refractivity contribution in [2.75, 3.05) is 13.2 Å². The molecule has 0 aromatic carbocycles. The van der Waals surface area contributed by atoms with Gasteiger partial charge in [0.2, 0.25) is 0 Å². The average molecular weight is 265 g/mol. The van der Waals surface area contributed by atoms with Gasteiger partial charge in [0.15, 0.2) is 0 Å². The molecule has 0 aromatic rings. The Morgan fingerprint density at radius 2 is 1.53 bits per heavy atom. The lowest BCUT2D eigenvalue weighted by atomic mass is 9.71. The summed E-state index contributed by atoms with van der Waals surface area (Å²) in [6.07, 6.45) is 17.7. The van der Waals surface area contributed by atoms with Gasteiger partial charge in [-0.3, -0.25) is 0 Å². The Kier molecular flexibility index (Phi) is 4.81. The highest BCUT2D eigenvalue weighted by Gasteiger charge is 2.37. The highest BCUT2D eigenvalue weighted by Crippen LogP contribution is 2.48. The van der Waals surface area contributed by atoms with Crippen LogP contribution in [0.1, 0.15) is 77.0 Å². The smallest absolute Gasteiger partial charge is 0.0594 e. The molecule has 3 fully saturated rings. The topological polar surface area (TPSA) is 21.3 Å². The van der Waals surface area contributed by atoms with Crippen LogP contribution in [0.15, 0.2) is 0 Å². The van der Waals surface area contributed by atoms with Gasteiger partial charge in [-0.05, 0) is 56.8 Å². The van der Waals surface area contributed by atoms with E-state index >= 15 is 0 Å². The van der Waals surface area contributed by atoms with E-state index in [1.807, 2.05) is 0 Å². The van der Waals surface area contributed by atoms with Crippen molar-refractivity contribution >= 4 is 0 Å². The molecule has 0 amide bonds. The van der Waals surface area contributed by atoms with Crippen molar-refractivity contribution in [2.45, 2.75) is 89.2 Å². The second-order valence-corrected chi connectivity index (χ2v) is 7.21. The number of ether oxygens (including phenoxy) is 1. The van der Waals surface area contributed by atoms with E-state index in [1.54, 1.807) is 0 Å². The van der Waals surface area contributed by atoms with Crippen molar-refractivity contribution in [1.29, 1.82) is 0 Å². The molecule has 1 spiro atoms. The Labute approximate surface area is 118 Å². The fourth-order valence-electron chi connectivity index (χ4n) is 4.60. The SMILES string of the molecule is C1CCC(OCCNC2CCC3(CCCC3)CC2)C1. The first kappa shape index (κ1) is 13.9. The van der Waals surface area contributed by atoms with Gasteiger partial charge in [0.05, 0.1) is 12.7 Å². The Morgan fingerprint density at radius 1 is 0.842 bits per heavy atom. The van der Waals surface area contributed by atoms with Crippen molar-refractivity contribution < 1.29 is 4.74 Å². The maximum Gasteiger partial charge on any atom is 0.0594 e. The first-order valence-electron chi connectivity index (χ1n) is 8.71. The largest absolute Gasteiger partial charge is 0.377 e. The minimum absolute atomic E-state index is 0.579. The Hall–Kier alpha value is -0.0800. The first-order chi connectivity index (χ1) is 9.36. The normalized spacial score (nSPS) is 28.4. The van der Waals surface area contributed by atoms with E-state index in [0.29, 0.717) is 6.10 Å². The average Bonchev–Trinajstić information content (AvgIpc) is 3.09. The van der Waals surface area contributed by atoms with Crippen LogP contribution in [0, 0.1) is 5.41 Å². The van der Waals surface area contributed by atoms with Gasteiger partial charge in [0.1, 0.15) is 0 Å². The lowest BCUT2D eigenvalue weighted by Gasteiger charge is -2.37. The molecule has 3 aliphatic rings. The van der Waals surface area contributed by atoms with Crippen LogP contribution in [0.4, 0.5) is 0 Å². The Bertz CT molecular complexity index is 256. The van der Waals surface area contributed by atoms with Crippen molar-refractivity contribution in [2.24, 2.45) is 5.41 Å². The third-order valence-electron chi connectivity index (χ3n) is 5.90. The minimum atomic E-state index is 0.579. The van der Waals surface area contributed by atoms with E-state index in [-0.39, 0.29) is 0 Å². The zero-order valence-electron chi connectivity index (χ0n) is 12.5. The molecule has 0 unspecified atom stereocenters. The molecule has 3 aliphatic carbocycles. The predicted octanol–water partition coefficient (Wildman–Crippen LogP) is 4.04. The van der Waals surface area contributed by atoms with Gasteiger partial charge in [-0.1, -0.05) is 25.7 Å². The summed E-state index contributed by atoms with van der Waals surface area (Å²) in [5.74, 6) is 0. The van der Waals surface area contributed by atoms with E-state index in [0.717, 1.165) is 24.6 Å². The van der Waals surface area contributed by atoms with Gasteiger partial charge in [0.25, 0.3) is 0 Å². The molecule has 110 valence electrons. The molecule has 0 saturated heterocycles. The van der Waals surface area contributed by atoms with Crippen LogP contribution >= 0.6 is 0 Å². The highest BCUT2D eigenvalue weighted by atomic mass is 16.5. The van der Waals surface area contributed by atoms with E-state index in [1.165, 1.54) is 77.0 Å². The maximum atomic E-state index is 5.92. The summed E-state index contributed by atoms with van der Waals surface area (Å²) >= 11 is 0. The molecule has 0 aliphatic heterocycles. The Morgan fingerprint density at radius 3 is 2.21 bits per heavy atom. The van der Waals surface area contributed by atoms with Crippen LogP contribution in [0.25, 0.3) is 0 Å². The van der Waals surface area contributed by atoms with Crippen molar-refractivity contribution in [3.8, 4) is 0 Å². The summed E-state index contributed by atoms with van der Waals surface area (Å²) in [4.78, 5) is 0. The quantitative estimate of drug-likeness (QED) is 0.758. The number of nitrogens with one attached hydrogen (secondary N) is 1. The second kappa shape index (κ2) is 6.58. The zero-order valence-corrected chi connectivity index (χ0v) is 12.5. The number of rotatable bonds is 5. The molecule has 2 heteroatoms. The third-order valence-corrected chi connectivity index (χ3v) is 5.90. The molecule has 0 atom stereocenters. The summed E-state index contributed by atoms with van der Waals surface area (Å²) < 4.78 is 5.92. The van der Waals surface area contributed by atoms with E-state index < -0.39 is 0 Å². The number of hydrogen-bond acceptors (Lipinski definition) is 2. The van der Waals surface area contributed by atoms with Gasteiger partial charge in [-0.15, -0.1) is 0 Å². The van der Waals surface area contributed by atoms with Gasteiger partial charge in [-0.2, -0.15) is 0 Å². The van der Waals surface area contributed by atoms with E-state index in [4.69, 9.17) is 4.74 Å². The van der Waals surface area contributed by atoms with Gasteiger partial charge in [0, 0.05) is 12.6 Å². The molecule has 0 aromatic heterocycles. The molecule has 3 rings (SSSR count). The van der Waals surface area contributed by atoms with Gasteiger partial charge in [-0.25, -0.2) is 0 Å². The summed E-state index contributed by atoms with van der Waals surface area (Å²) in [5, 5.41) is 3.73. The fraction of sp³-hybridized carbons (Fsp3) is 1.00. The van der Waals surface area contributed by atoms with Crippen molar-refractivity contribution in [3.63, 3.8) is 0 Å². The van der Waals surface area contributed by atoms with Crippen LogP contribution in [0.3, 0.4) is 0 Å². The molecule has 1 N–H and O–H groups in total. The zero-order chi connectivity index (χ0) is 13.0. The number of hydrogen-bond donors (Lipinski definition) is 1.